The van der Waals surface area contributed by atoms with Crippen molar-refractivity contribution in [3.63, 3.8) is 0 Å². The van der Waals surface area contributed by atoms with Gasteiger partial charge in [-0.3, -0.25) is 9.59 Å². The van der Waals surface area contributed by atoms with Crippen molar-refractivity contribution in [1.82, 2.24) is 20.0 Å². The lowest BCUT2D eigenvalue weighted by molar-refractivity contribution is -0.139. The zero-order valence-corrected chi connectivity index (χ0v) is 24.2. The quantitative estimate of drug-likeness (QED) is 0.518. The maximum atomic E-state index is 15.0. The summed E-state index contributed by atoms with van der Waals surface area (Å²) in [7, 11) is 1.62. The third kappa shape index (κ3) is 6.74. The van der Waals surface area contributed by atoms with Crippen molar-refractivity contribution in [2.45, 2.75) is 38.1 Å². The van der Waals surface area contributed by atoms with Crippen molar-refractivity contribution in [2.24, 2.45) is 5.92 Å². The normalized spacial score (nSPS) is 23.4. The van der Waals surface area contributed by atoms with Crippen LogP contribution < -0.4 is 4.90 Å². The van der Waals surface area contributed by atoms with Gasteiger partial charge in [-0.1, -0.05) is 18.2 Å². The Balaban J connectivity index is 1.37. The Morgan fingerprint density at radius 1 is 1.12 bits per heavy atom. The molecule has 1 aliphatic carbocycles. The molecule has 2 aromatic rings. The molecular weight excluding hydrogens is 554 g/mol. The molecule has 3 heterocycles. The van der Waals surface area contributed by atoms with Gasteiger partial charge in [0, 0.05) is 51.6 Å². The second-order valence-electron chi connectivity index (χ2n) is 11.0. The van der Waals surface area contributed by atoms with Crippen LogP contribution in [0.15, 0.2) is 66.0 Å². The average molecular weight is 589 g/mol. The summed E-state index contributed by atoms with van der Waals surface area (Å²) in [4.78, 5) is 32.3. The maximum absolute atomic E-state index is 15.0. The highest BCUT2D eigenvalue weighted by atomic mass is 19.1. The number of aromatic nitrogens is 2. The molecule has 224 valence electrons. The fraction of sp³-hybridized carbons (Fsp3) is 0.406. The van der Waals surface area contributed by atoms with Crippen LogP contribution in [0.2, 0.25) is 0 Å². The molecule has 0 radical (unpaired) electrons. The van der Waals surface area contributed by atoms with Gasteiger partial charge in [0.15, 0.2) is 11.5 Å². The zero-order chi connectivity index (χ0) is 30.5. The van der Waals surface area contributed by atoms with Crippen LogP contribution in [0, 0.1) is 28.9 Å². The Morgan fingerprint density at radius 3 is 2.65 bits per heavy atom. The van der Waals surface area contributed by atoms with Gasteiger partial charge in [-0.05, 0) is 60.8 Å². The summed E-state index contributed by atoms with van der Waals surface area (Å²) in [6, 6.07) is 8.46. The highest BCUT2D eigenvalue weighted by molar-refractivity contribution is 5.82. The van der Waals surface area contributed by atoms with Crippen LogP contribution in [0.1, 0.15) is 43.4 Å². The number of amides is 2. The first-order valence-corrected chi connectivity index (χ1v) is 14.4. The summed E-state index contributed by atoms with van der Waals surface area (Å²) in [6.07, 6.45) is 10.1. The number of anilines is 1. The van der Waals surface area contributed by atoms with Gasteiger partial charge in [0.2, 0.25) is 11.8 Å². The van der Waals surface area contributed by atoms with E-state index in [-0.39, 0.29) is 42.2 Å². The van der Waals surface area contributed by atoms with Crippen LogP contribution in [-0.2, 0) is 14.3 Å². The van der Waals surface area contributed by atoms with Crippen molar-refractivity contribution < 1.29 is 23.1 Å². The number of ether oxygens (including phenoxy) is 1. The molecule has 3 atom stereocenters. The van der Waals surface area contributed by atoms with E-state index >= 15 is 4.39 Å². The molecule has 0 spiro atoms. The van der Waals surface area contributed by atoms with Gasteiger partial charge in [-0.2, -0.15) is 5.26 Å². The zero-order valence-electron chi connectivity index (χ0n) is 24.2. The fourth-order valence-corrected chi connectivity index (χ4v) is 6.18. The Morgan fingerprint density at radius 2 is 1.95 bits per heavy atom. The van der Waals surface area contributed by atoms with Gasteiger partial charge in [0.05, 0.1) is 19.1 Å². The molecule has 3 aliphatic rings. The van der Waals surface area contributed by atoms with Crippen molar-refractivity contribution >= 4 is 17.6 Å². The molecule has 43 heavy (non-hydrogen) atoms. The molecule has 0 saturated carbocycles. The Labute approximate surface area is 249 Å². The summed E-state index contributed by atoms with van der Waals surface area (Å²) < 4.78 is 34.2. The average Bonchev–Trinajstić information content (AvgIpc) is 3.43. The van der Waals surface area contributed by atoms with Crippen LogP contribution in [0.4, 0.5) is 14.6 Å². The SMILES string of the molecule is COC1=CC(=CC2CCCN(C(=O)C3CN(c4ccc(C#N)nn4)CC3c3ccc(F)cc3F)CCN2C(C)=O)CC=C1. The van der Waals surface area contributed by atoms with Gasteiger partial charge in [0.25, 0.3) is 0 Å². The number of nitrogens with zero attached hydrogens (tertiary/aromatic N) is 6. The molecule has 0 bridgehead atoms. The van der Waals surface area contributed by atoms with Crippen molar-refractivity contribution in [3.05, 3.63) is 88.9 Å². The maximum Gasteiger partial charge on any atom is 0.228 e. The van der Waals surface area contributed by atoms with E-state index in [1.165, 1.54) is 19.1 Å². The molecule has 3 unspecified atom stereocenters. The number of rotatable bonds is 5. The highest BCUT2D eigenvalue weighted by Crippen LogP contribution is 2.37. The molecule has 2 saturated heterocycles. The molecule has 9 nitrogen and oxygen atoms in total. The number of halogens is 2. The summed E-state index contributed by atoms with van der Waals surface area (Å²) in [5.74, 6) is -1.57. The van der Waals surface area contributed by atoms with E-state index in [1.54, 1.807) is 29.0 Å². The topological polar surface area (TPSA) is 103 Å². The first-order chi connectivity index (χ1) is 20.8. The predicted molar refractivity (Wildman–Crippen MR) is 155 cm³/mol. The van der Waals surface area contributed by atoms with E-state index in [1.807, 2.05) is 29.2 Å². The smallest absolute Gasteiger partial charge is 0.228 e. The summed E-state index contributed by atoms with van der Waals surface area (Å²) in [5, 5.41) is 17.1. The van der Waals surface area contributed by atoms with E-state index < -0.39 is 23.5 Å². The molecule has 11 heteroatoms. The lowest BCUT2D eigenvalue weighted by Gasteiger charge is -2.37. The molecule has 1 aromatic carbocycles. The standard InChI is InChI=1S/C32H34F2N6O3/c1-21(41)40-14-13-38(12-4-6-25(40)15-22-5-3-7-26(16-22)43-2)32(42)29-20-39(31-11-9-24(18-35)36-37-31)19-28(29)27-10-8-23(33)17-30(27)34/h3,7-11,15-17,25,28-29H,4-6,12-14,19-20H2,1-2H3. The predicted octanol–water partition coefficient (Wildman–Crippen LogP) is 4.10. The number of methoxy groups -OCH3 is 1. The van der Waals surface area contributed by atoms with Gasteiger partial charge in [0.1, 0.15) is 23.5 Å². The first-order valence-electron chi connectivity index (χ1n) is 14.4. The first kappa shape index (κ1) is 29.9. The van der Waals surface area contributed by atoms with Gasteiger partial charge < -0.3 is 19.4 Å². The largest absolute Gasteiger partial charge is 0.497 e. The minimum Gasteiger partial charge on any atom is -0.497 e. The Hall–Kier alpha value is -4.59. The van der Waals surface area contributed by atoms with E-state index in [0.29, 0.717) is 38.3 Å². The lowest BCUT2D eigenvalue weighted by atomic mass is 9.87. The molecule has 2 fully saturated rings. The van der Waals surface area contributed by atoms with Crippen molar-refractivity contribution in [3.8, 4) is 6.07 Å². The number of benzene rings is 1. The molecule has 2 amide bonds. The van der Waals surface area contributed by atoms with E-state index in [0.717, 1.165) is 23.8 Å². The Bertz CT molecular complexity index is 1500. The molecule has 5 rings (SSSR count). The minimum atomic E-state index is -0.704. The van der Waals surface area contributed by atoms with E-state index in [9.17, 15) is 14.0 Å². The monoisotopic (exact) mass is 588 g/mol. The third-order valence-corrected chi connectivity index (χ3v) is 8.35. The van der Waals surface area contributed by atoms with E-state index in [2.05, 4.69) is 16.3 Å². The highest BCUT2D eigenvalue weighted by Gasteiger charge is 2.42. The van der Waals surface area contributed by atoms with Crippen LogP contribution in [0.3, 0.4) is 0 Å². The fourth-order valence-electron chi connectivity index (χ4n) is 6.18. The number of hydrogen-bond acceptors (Lipinski definition) is 7. The lowest BCUT2D eigenvalue weighted by Crippen LogP contribution is -2.49. The Kier molecular flexibility index (Phi) is 9.14. The summed E-state index contributed by atoms with van der Waals surface area (Å²) >= 11 is 0. The molecule has 1 aromatic heterocycles. The second-order valence-corrected chi connectivity index (χ2v) is 11.0. The van der Waals surface area contributed by atoms with Crippen LogP contribution >= 0.6 is 0 Å². The van der Waals surface area contributed by atoms with Crippen LogP contribution in [-0.4, -0.2) is 77.7 Å². The number of hydrogen-bond donors (Lipinski definition) is 0. The molecule has 2 aliphatic heterocycles. The minimum absolute atomic E-state index is 0.0730. The van der Waals surface area contributed by atoms with Crippen LogP contribution in [0.25, 0.3) is 0 Å². The molecule has 0 N–H and O–H groups in total. The van der Waals surface area contributed by atoms with Gasteiger partial charge >= 0.3 is 0 Å². The summed E-state index contributed by atoms with van der Waals surface area (Å²) in [6.45, 7) is 3.26. The number of carbonyl (C=O) groups excluding carboxylic acids is 2. The van der Waals surface area contributed by atoms with Gasteiger partial charge in [-0.15, -0.1) is 10.2 Å². The number of allylic oxidation sites excluding steroid dienone is 4. The summed E-state index contributed by atoms with van der Waals surface area (Å²) in [5.41, 5.74) is 1.50. The van der Waals surface area contributed by atoms with Crippen molar-refractivity contribution in [2.75, 3.05) is 44.7 Å². The van der Waals surface area contributed by atoms with E-state index in [4.69, 9.17) is 10.00 Å². The molecular formula is C32H34F2N6O3. The van der Waals surface area contributed by atoms with Gasteiger partial charge in [-0.25, -0.2) is 8.78 Å². The second kappa shape index (κ2) is 13.2. The van der Waals surface area contributed by atoms with Crippen LogP contribution in [0.5, 0.6) is 0 Å². The number of carbonyl (C=O) groups is 2. The number of nitriles is 1. The van der Waals surface area contributed by atoms with Crippen molar-refractivity contribution in [1.29, 1.82) is 5.26 Å². The third-order valence-electron chi connectivity index (χ3n) is 8.35.